The van der Waals surface area contributed by atoms with Crippen molar-refractivity contribution in [2.75, 3.05) is 32.0 Å². The number of amides is 2. The Hall–Kier alpha value is -2.70. The SMILES string of the molecule is C=N/C=C\C=C(/C)CNC(=O)Nc1ccc(S(=O)(=O)N(C)CC2NCC(C(F)(F)F)CC23CCCCCCCCC3)cc1. The first-order valence-electron chi connectivity index (χ1n) is 15.1. The fourth-order valence-electron chi connectivity index (χ4n) is 6.18. The van der Waals surface area contributed by atoms with Crippen molar-refractivity contribution in [3.8, 4) is 0 Å². The summed E-state index contributed by atoms with van der Waals surface area (Å²) in [5.41, 5.74) is 0.699. The second kappa shape index (κ2) is 15.9. The molecule has 1 aliphatic heterocycles. The molecule has 2 atom stereocenters. The second-order valence-electron chi connectivity index (χ2n) is 11.9. The van der Waals surface area contributed by atoms with Gasteiger partial charge in [0.1, 0.15) is 0 Å². The van der Waals surface area contributed by atoms with Gasteiger partial charge in [0.15, 0.2) is 0 Å². The summed E-state index contributed by atoms with van der Waals surface area (Å²) in [5, 5.41) is 8.54. The van der Waals surface area contributed by atoms with Gasteiger partial charge in [-0.1, -0.05) is 56.6 Å². The van der Waals surface area contributed by atoms with Gasteiger partial charge in [0.25, 0.3) is 0 Å². The van der Waals surface area contributed by atoms with Crippen molar-refractivity contribution in [3.63, 3.8) is 0 Å². The maximum absolute atomic E-state index is 13.9. The van der Waals surface area contributed by atoms with E-state index < -0.39 is 33.6 Å². The van der Waals surface area contributed by atoms with Crippen LogP contribution in [0.4, 0.5) is 23.7 Å². The number of hydrogen-bond acceptors (Lipinski definition) is 5. The van der Waals surface area contributed by atoms with E-state index in [2.05, 4.69) is 27.7 Å². The number of allylic oxidation sites excluding steroid dienone is 2. The quantitative estimate of drug-likeness (QED) is 0.212. The highest BCUT2D eigenvalue weighted by molar-refractivity contribution is 7.89. The summed E-state index contributed by atoms with van der Waals surface area (Å²) in [6.07, 6.45) is 9.08. The van der Waals surface area contributed by atoms with Gasteiger partial charge in [-0.15, -0.1) is 0 Å². The Bertz CT molecular complexity index is 1220. The highest BCUT2D eigenvalue weighted by Crippen LogP contribution is 2.48. The van der Waals surface area contributed by atoms with Crippen molar-refractivity contribution in [1.29, 1.82) is 0 Å². The smallest absolute Gasteiger partial charge is 0.334 e. The molecule has 240 valence electrons. The second-order valence-corrected chi connectivity index (χ2v) is 13.9. The molecule has 43 heavy (non-hydrogen) atoms. The number of rotatable bonds is 9. The predicted octanol–water partition coefficient (Wildman–Crippen LogP) is 6.64. The number of nitrogens with zero attached hydrogens (tertiary/aromatic N) is 2. The number of hydrogen-bond donors (Lipinski definition) is 3. The Labute approximate surface area is 254 Å². The molecule has 0 aromatic heterocycles. The number of halogens is 3. The summed E-state index contributed by atoms with van der Waals surface area (Å²) in [6.45, 7) is 5.39. The van der Waals surface area contributed by atoms with Gasteiger partial charge in [-0.2, -0.15) is 17.5 Å². The number of carbonyl (C=O) groups is 1. The van der Waals surface area contributed by atoms with Crippen LogP contribution >= 0.6 is 0 Å². The maximum atomic E-state index is 13.9. The van der Waals surface area contributed by atoms with E-state index in [0.29, 0.717) is 25.1 Å². The van der Waals surface area contributed by atoms with Crippen LogP contribution in [0.15, 0.2) is 58.1 Å². The number of nitrogens with one attached hydrogen (secondary N) is 3. The summed E-state index contributed by atoms with van der Waals surface area (Å²) in [7, 11) is -2.44. The lowest BCUT2D eigenvalue weighted by Crippen LogP contribution is -2.59. The van der Waals surface area contributed by atoms with Crippen LogP contribution in [0.1, 0.15) is 71.1 Å². The number of urea groups is 1. The molecule has 1 saturated carbocycles. The summed E-state index contributed by atoms with van der Waals surface area (Å²) in [5.74, 6) is -1.43. The fourth-order valence-corrected chi connectivity index (χ4v) is 7.36. The van der Waals surface area contributed by atoms with E-state index >= 15 is 0 Å². The highest BCUT2D eigenvalue weighted by Gasteiger charge is 2.51. The molecule has 8 nitrogen and oxygen atoms in total. The highest BCUT2D eigenvalue weighted by atomic mass is 32.2. The third kappa shape index (κ3) is 10.2. The van der Waals surface area contributed by atoms with Crippen LogP contribution in [-0.2, 0) is 10.0 Å². The van der Waals surface area contributed by atoms with Crippen molar-refractivity contribution in [2.45, 2.75) is 88.2 Å². The number of piperidine rings is 1. The van der Waals surface area contributed by atoms with Crippen LogP contribution in [0.3, 0.4) is 0 Å². The molecule has 3 rings (SSSR count). The third-order valence-corrected chi connectivity index (χ3v) is 10.5. The van der Waals surface area contributed by atoms with Crippen molar-refractivity contribution in [1.82, 2.24) is 14.9 Å². The molecule has 2 unspecified atom stereocenters. The molecule has 1 aromatic carbocycles. The minimum atomic E-state index is -4.29. The molecule has 0 radical (unpaired) electrons. The van der Waals surface area contributed by atoms with E-state index in [1.54, 1.807) is 12.2 Å². The standard InChI is InChI=1S/C31H46F3N5O3S/c1-24(12-11-19-35-2)21-37-29(40)38-26-13-15-27(16-14-26)43(41,42)39(3)23-28-30(20-25(22-36-28)31(32,33)34)17-9-7-5-4-6-8-10-18-30/h11-16,19,25,28,36H,2,4-10,17-18,20-23H2,1,3H3,(H2,37,38,40)/b19-11-,24-12+. The zero-order valence-corrected chi connectivity index (χ0v) is 26.1. The van der Waals surface area contributed by atoms with E-state index in [1.165, 1.54) is 41.8 Å². The summed E-state index contributed by atoms with van der Waals surface area (Å²) >= 11 is 0. The van der Waals surface area contributed by atoms with Crippen molar-refractivity contribution in [3.05, 3.63) is 48.2 Å². The van der Waals surface area contributed by atoms with Gasteiger partial charge in [-0.05, 0) is 68.7 Å². The molecule has 3 N–H and O–H groups in total. The van der Waals surface area contributed by atoms with Gasteiger partial charge in [0, 0.05) is 44.6 Å². The van der Waals surface area contributed by atoms with E-state index in [0.717, 1.165) is 50.5 Å². The Balaban J connectivity index is 1.69. The van der Waals surface area contributed by atoms with Crippen molar-refractivity contribution >= 4 is 28.5 Å². The van der Waals surface area contributed by atoms with Gasteiger partial charge in [-0.3, -0.25) is 4.99 Å². The van der Waals surface area contributed by atoms with Gasteiger partial charge >= 0.3 is 12.2 Å². The van der Waals surface area contributed by atoms with Crippen LogP contribution in [0.5, 0.6) is 0 Å². The van der Waals surface area contributed by atoms with E-state index in [9.17, 15) is 26.4 Å². The summed E-state index contributed by atoms with van der Waals surface area (Å²) < 4.78 is 69.9. The molecule has 2 fully saturated rings. The lowest BCUT2D eigenvalue weighted by atomic mass is 9.64. The molecular formula is C31H46F3N5O3S. The first kappa shape index (κ1) is 34.8. The molecule has 2 amide bonds. The zero-order valence-electron chi connectivity index (χ0n) is 25.3. The maximum Gasteiger partial charge on any atom is 0.393 e. The van der Waals surface area contributed by atoms with Gasteiger partial charge in [-0.25, -0.2) is 13.2 Å². The average molecular weight is 626 g/mol. The third-order valence-electron chi connectivity index (χ3n) is 8.68. The molecule has 2 aliphatic rings. The minimum absolute atomic E-state index is 0.0303. The Morgan fingerprint density at radius 3 is 2.30 bits per heavy atom. The van der Waals surface area contributed by atoms with Crippen LogP contribution < -0.4 is 16.0 Å². The predicted molar refractivity (Wildman–Crippen MR) is 166 cm³/mol. The number of benzene rings is 1. The van der Waals surface area contributed by atoms with Crippen LogP contribution in [0, 0.1) is 11.3 Å². The molecule has 12 heteroatoms. The first-order chi connectivity index (χ1) is 20.4. The fraction of sp³-hybridized carbons (Fsp3) is 0.613. The number of carbonyl (C=O) groups excluding carboxylic acids is 1. The van der Waals surface area contributed by atoms with Crippen LogP contribution in [-0.4, -0.2) is 64.4 Å². The largest absolute Gasteiger partial charge is 0.393 e. The van der Waals surface area contributed by atoms with E-state index in [-0.39, 0.29) is 30.4 Å². The lowest BCUT2D eigenvalue weighted by Gasteiger charge is -2.49. The summed E-state index contributed by atoms with van der Waals surface area (Å²) in [4.78, 5) is 15.9. The lowest BCUT2D eigenvalue weighted by molar-refractivity contribution is -0.193. The van der Waals surface area contributed by atoms with Gasteiger partial charge in [0.05, 0.1) is 10.8 Å². The number of aliphatic imine (C=N–C) groups is 1. The zero-order chi connectivity index (χ0) is 31.5. The molecule has 1 aromatic rings. The normalized spacial score (nSPS) is 22.4. The molecule has 1 heterocycles. The Kier molecular flexibility index (Phi) is 12.8. The van der Waals surface area contributed by atoms with Crippen molar-refractivity contribution < 1.29 is 26.4 Å². The number of alkyl halides is 3. The van der Waals surface area contributed by atoms with E-state index in [4.69, 9.17) is 0 Å². The topological polar surface area (TPSA) is 103 Å². The molecule has 0 bridgehead atoms. The van der Waals surface area contributed by atoms with Crippen molar-refractivity contribution in [2.24, 2.45) is 16.3 Å². The first-order valence-corrected chi connectivity index (χ1v) is 16.5. The van der Waals surface area contributed by atoms with Gasteiger partial charge < -0.3 is 16.0 Å². The van der Waals surface area contributed by atoms with Crippen LogP contribution in [0.25, 0.3) is 0 Å². The molecular weight excluding hydrogens is 579 g/mol. The van der Waals surface area contributed by atoms with E-state index in [1.807, 2.05) is 6.92 Å². The molecule has 1 spiro atoms. The number of sulfonamides is 1. The number of likely N-dealkylation sites (N-methyl/N-ethyl adjacent to an activating group) is 1. The monoisotopic (exact) mass is 625 g/mol. The molecule has 1 aliphatic carbocycles. The number of anilines is 1. The Morgan fingerprint density at radius 1 is 1.12 bits per heavy atom. The minimum Gasteiger partial charge on any atom is -0.334 e. The Morgan fingerprint density at radius 2 is 1.72 bits per heavy atom. The average Bonchev–Trinajstić information content (AvgIpc) is 2.96. The van der Waals surface area contributed by atoms with Gasteiger partial charge in [0.2, 0.25) is 10.0 Å². The summed E-state index contributed by atoms with van der Waals surface area (Å²) in [6, 6.07) is 5.05. The van der Waals surface area contributed by atoms with Crippen LogP contribution in [0.2, 0.25) is 0 Å². The molecule has 1 saturated heterocycles.